The van der Waals surface area contributed by atoms with Crippen molar-refractivity contribution < 1.29 is 38.4 Å². The number of piperazine rings is 1. The number of amides is 2. The lowest BCUT2D eigenvalue weighted by Gasteiger charge is -2.38. The number of ether oxygens (including phenoxy) is 4. The molecule has 0 bridgehead atoms. The highest BCUT2D eigenvalue weighted by Gasteiger charge is 2.37. The number of hydrogen-bond donors (Lipinski definition) is 3. The first-order valence-electron chi connectivity index (χ1n) is 24.2. The molecular formula is C51H70N8O8. The van der Waals surface area contributed by atoms with Crippen LogP contribution in [0.2, 0.25) is 0 Å². The van der Waals surface area contributed by atoms with Gasteiger partial charge in [-0.2, -0.15) is 0 Å². The number of carbonyl (C=O) groups excluding carboxylic acids is 3. The Kier molecular flexibility index (Phi) is 15.4. The molecular weight excluding hydrogens is 853 g/mol. The van der Waals surface area contributed by atoms with Gasteiger partial charge in [-0.05, 0) is 86.8 Å². The molecule has 67 heavy (non-hydrogen) atoms. The Balaban J connectivity index is 1.09. The molecule has 0 radical (unpaired) electrons. The topological polar surface area (TPSA) is 163 Å². The second-order valence-corrected chi connectivity index (χ2v) is 19.3. The van der Waals surface area contributed by atoms with E-state index in [0.29, 0.717) is 45.5 Å². The fourth-order valence-corrected chi connectivity index (χ4v) is 9.94. The van der Waals surface area contributed by atoms with E-state index < -0.39 is 41.6 Å². The highest BCUT2D eigenvalue weighted by atomic mass is 16.5. The molecule has 0 spiro atoms. The number of benzene rings is 2. The average Bonchev–Trinajstić information content (AvgIpc) is 4.18. The number of aryl methyl sites for hydroxylation is 1. The summed E-state index contributed by atoms with van der Waals surface area (Å²) in [4.78, 5) is 52.6. The number of nitrogens with zero attached hydrogens (tertiary/aromatic N) is 6. The molecule has 3 aliphatic heterocycles. The lowest BCUT2D eigenvalue weighted by atomic mass is 9.84. The first-order chi connectivity index (χ1) is 32.4. The van der Waals surface area contributed by atoms with Gasteiger partial charge in [0.15, 0.2) is 0 Å². The molecule has 4 atom stereocenters. The van der Waals surface area contributed by atoms with Crippen LogP contribution in [-0.4, -0.2) is 140 Å². The number of alkyl carbamates (subject to hydrolysis) is 1. The van der Waals surface area contributed by atoms with Gasteiger partial charge in [0, 0.05) is 101 Å². The second-order valence-electron chi connectivity index (χ2n) is 19.3. The van der Waals surface area contributed by atoms with Crippen LogP contribution in [0, 0.1) is 5.41 Å². The average molecular weight is 923 g/mol. The molecule has 1 aliphatic carbocycles. The number of aliphatic hydroxyl groups is 1. The summed E-state index contributed by atoms with van der Waals surface area (Å²) in [7, 11) is 3.05. The summed E-state index contributed by atoms with van der Waals surface area (Å²) in [6, 6.07) is 17.3. The summed E-state index contributed by atoms with van der Waals surface area (Å²) >= 11 is 0. The van der Waals surface area contributed by atoms with Gasteiger partial charge in [-0.1, -0.05) is 44.2 Å². The predicted molar refractivity (Wildman–Crippen MR) is 258 cm³/mol. The SMILES string of the molecule is CCn1c(-c2cc(N3CCN(C4CC4)CC3)cnc2[C@H](C)OC)c(CC(C)(C)CO)c2cc(N3CCO[C@@H](C[C@H](NC(=O)OCc4ccccc4)C(=O)N4CCC[C@@H](C(=O)OC)N4)C3)ccc21. The van der Waals surface area contributed by atoms with E-state index in [4.69, 9.17) is 23.9 Å². The quantitative estimate of drug-likeness (QED) is 0.109. The van der Waals surface area contributed by atoms with E-state index in [0.717, 1.165) is 89.1 Å². The third-order valence-electron chi connectivity index (χ3n) is 13.9. The number of carbonyl (C=O) groups is 3. The van der Waals surface area contributed by atoms with E-state index in [1.165, 1.54) is 25.0 Å². The number of aromatic nitrogens is 2. The van der Waals surface area contributed by atoms with Crippen molar-refractivity contribution >= 4 is 40.2 Å². The second kappa shape index (κ2) is 21.4. The van der Waals surface area contributed by atoms with Gasteiger partial charge < -0.3 is 43.7 Å². The molecule has 8 rings (SSSR count). The maximum Gasteiger partial charge on any atom is 0.408 e. The largest absolute Gasteiger partial charge is 0.468 e. The van der Waals surface area contributed by atoms with Crippen molar-refractivity contribution in [2.45, 2.75) is 110 Å². The molecule has 4 fully saturated rings. The molecule has 4 aliphatic rings. The molecule has 0 unspecified atom stereocenters. The predicted octanol–water partition coefficient (Wildman–Crippen LogP) is 5.83. The number of anilines is 2. The summed E-state index contributed by atoms with van der Waals surface area (Å²) < 4.78 is 25.3. The number of hydrazine groups is 1. The van der Waals surface area contributed by atoms with E-state index in [1.807, 2.05) is 43.5 Å². The number of methoxy groups -OCH3 is 2. The van der Waals surface area contributed by atoms with Gasteiger partial charge in [0.25, 0.3) is 5.91 Å². The molecule has 5 heterocycles. The van der Waals surface area contributed by atoms with Gasteiger partial charge in [0.05, 0.1) is 49.2 Å². The number of esters is 1. The summed E-state index contributed by atoms with van der Waals surface area (Å²) in [5.74, 6) is -0.844. The minimum absolute atomic E-state index is 0.0188. The Bertz CT molecular complexity index is 2350. The smallest absolute Gasteiger partial charge is 0.408 e. The van der Waals surface area contributed by atoms with Crippen molar-refractivity contribution in [3.8, 4) is 11.3 Å². The highest BCUT2D eigenvalue weighted by molar-refractivity contribution is 5.95. The van der Waals surface area contributed by atoms with Gasteiger partial charge in [-0.25, -0.2) is 10.2 Å². The van der Waals surface area contributed by atoms with Gasteiger partial charge in [0.2, 0.25) is 0 Å². The summed E-state index contributed by atoms with van der Waals surface area (Å²) in [5, 5.41) is 16.1. The minimum Gasteiger partial charge on any atom is -0.468 e. The summed E-state index contributed by atoms with van der Waals surface area (Å²) in [6.45, 7) is 15.1. The van der Waals surface area contributed by atoms with Crippen LogP contribution in [-0.2, 0) is 48.1 Å². The zero-order valence-corrected chi connectivity index (χ0v) is 40.2. The van der Waals surface area contributed by atoms with E-state index in [2.05, 4.69) is 75.0 Å². The summed E-state index contributed by atoms with van der Waals surface area (Å²) in [6.07, 6.45) is 5.12. The van der Waals surface area contributed by atoms with Crippen molar-refractivity contribution in [1.82, 2.24) is 30.2 Å². The van der Waals surface area contributed by atoms with Crippen LogP contribution in [0.15, 0.2) is 60.8 Å². The van der Waals surface area contributed by atoms with Gasteiger partial charge >= 0.3 is 12.1 Å². The normalized spacial score (nSPS) is 20.4. The molecule has 3 saturated heterocycles. The molecule has 362 valence electrons. The maximum atomic E-state index is 14.3. The van der Waals surface area contributed by atoms with E-state index in [1.54, 1.807) is 7.11 Å². The van der Waals surface area contributed by atoms with Crippen molar-refractivity contribution in [2.24, 2.45) is 5.41 Å². The number of nitrogens with one attached hydrogen (secondary N) is 2. The standard InChI is InChI=1S/C51H70N8O8/c1-7-58-45-18-17-37(26-40(45)42(29-51(3,4)33-60)47(58)41-27-38(30-52-46(41)34(2)64-5)56-22-20-55(21-23-56)36-15-16-36)57-24-25-66-39(31-57)28-44(53-50(63)67-32-35-12-9-8-10-13-35)48(61)59-19-11-14-43(54-59)49(62)65-6/h8-10,12-13,17-18,26-27,30,34,36,39,43-44,54,60H,7,11,14-16,19-25,28-29,31-33H2,1-6H3,(H,53,63)/t34-,39-,43-,44-/m0/s1. The van der Waals surface area contributed by atoms with Crippen LogP contribution in [0.3, 0.4) is 0 Å². The lowest BCUT2D eigenvalue weighted by Crippen LogP contribution is -2.60. The van der Waals surface area contributed by atoms with Crippen molar-refractivity contribution in [3.05, 3.63) is 77.6 Å². The Morgan fingerprint density at radius 3 is 2.45 bits per heavy atom. The number of morpholine rings is 1. The third kappa shape index (κ3) is 11.2. The number of aliphatic hydroxyl groups excluding tert-OH is 1. The lowest BCUT2D eigenvalue weighted by molar-refractivity contribution is -0.150. The third-order valence-corrected chi connectivity index (χ3v) is 13.9. The van der Waals surface area contributed by atoms with Crippen molar-refractivity contribution in [1.29, 1.82) is 0 Å². The Labute approximate surface area is 394 Å². The Morgan fingerprint density at radius 2 is 1.75 bits per heavy atom. The first kappa shape index (κ1) is 48.2. The van der Waals surface area contributed by atoms with Crippen molar-refractivity contribution in [3.63, 3.8) is 0 Å². The number of fused-ring (bicyclic) bond motifs is 1. The molecule has 1 saturated carbocycles. The zero-order valence-electron chi connectivity index (χ0n) is 40.2. The van der Waals surface area contributed by atoms with E-state index in [-0.39, 0.29) is 25.7 Å². The first-order valence-corrected chi connectivity index (χ1v) is 24.2. The fraction of sp³-hybridized carbons (Fsp3) is 0.569. The zero-order chi connectivity index (χ0) is 47.2. The number of pyridine rings is 1. The van der Waals surface area contributed by atoms with Crippen LogP contribution in [0.1, 0.15) is 82.7 Å². The molecule has 2 aromatic carbocycles. The molecule has 4 aromatic rings. The van der Waals surface area contributed by atoms with E-state index in [9.17, 15) is 19.5 Å². The van der Waals surface area contributed by atoms with Crippen LogP contribution >= 0.6 is 0 Å². The van der Waals surface area contributed by atoms with Crippen LogP contribution in [0.5, 0.6) is 0 Å². The monoisotopic (exact) mass is 923 g/mol. The van der Waals surface area contributed by atoms with Gasteiger partial charge in [-0.3, -0.25) is 24.5 Å². The van der Waals surface area contributed by atoms with Gasteiger partial charge in [0.1, 0.15) is 18.7 Å². The summed E-state index contributed by atoms with van der Waals surface area (Å²) in [5.41, 5.74) is 10.8. The highest BCUT2D eigenvalue weighted by Crippen LogP contribution is 2.43. The Hall–Kier alpha value is -5.26. The minimum atomic E-state index is -1.01. The molecule has 16 heteroatoms. The Morgan fingerprint density at radius 1 is 0.970 bits per heavy atom. The molecule has 3 N–H and O–H groups in total. The number of hydrogen-bond acceptors (Lipinski definition) is 13. The maximum absolute atomic E-state index is 14.3. The van der Waals surface area contributed by atoms with Gasteiger partial charge in [-0.15, -0.1) is 0 Å². The number of rotatable bonds is 17. The fourth-order valence-electron chi connectivity index (χ4n) is 9.94. The molecule has 16 nitrogen and oxygen atoms in total. The van der Waals surface area contributed by atoms with Crippen molar-refractivity contribution in [2.75, 3.05) is 83.0 Å². The van der Waals surface area contributed by atoms with Crippen LogP contribution in [0.4, 0.5) is 16.2 Å². The van der Waals surface area contributed by atoms with E-state index >= 15 is 0 Å². The van der Waals surface area contributed by atoms with Crippen LogP contribution in [0.25, 0.3) is 22.2 Å². The molecule has 2 amide bonds. The molecule has 2 aromatic heterocycles. The van der Waals surface area contributed by atoms with Crippen LogP contribution < -0.4 is 20.5 Å².